The van der Waals surface area contributed by atoms with E-state index in [9.17, 15) is 14.0 Å². The number of amides is 2. The zero-order chi connectivity index (χ0) is 16.7. The molecule has 1 aliphatic rings. The molecule has 0 bridgehead atoms. The van der Waals surface area contributed by atoms with Gasteiger partial charge in [-0.05, 0) is 44.6 Å². The van der Waals surface area contributed by atoms with Crippen molar-refractivity contribution in [2.75, 3.05) is 39.8 Å². The van der Waals surface area contributed by atoms with Crippen molar-refractivity contribution in [2.24, 2.45) is 0 Å². The number of halogens is 1. The normalized spacial score (nSPS) is 15.4. The average molecular weight is 321 g/mol. The Morgan fingerprint density at radius 3 is 2.65 bits per heavy atom. The first-order chi connectivity index (χ1) is 11.1. The van der Waals surface area contributed by atoms with Gasteiger partial charge in [-0.15, -0.1) is 0 Å². The van der Waals surface area contributed by atoms with Crippen molar-refractivity contribution in [3.8, 4) is 0 Å². The maximum Gasteiger partial charge on any atom is 0.254 e. The molecular formula is C17H24FN3O2. The quantitative estimate of drug-likeness (QED) is 0.836. The summed E-state index contributed by atoms with van der Waals surface area (Å²) in [6.07, 6.45) is 2.09. The minimum absolute atomic E-state index is 0.139. The fourth-order valence-electron chi connectivity index (χ4n) is 2.75. The van der Waals surface area contributed by atoms with Crippen molar-refractivity contribution >= 4 is 11.8 Å². The summed E-state index contributed by atoms with van der Waals surface area (Å²) in [5.74, 6) is -0.443. The van der Waals surface area contributed by atoms with Crippen LogP contribution in [0, 0.1) is 5.82 Å². The fourth-order valence-corrected chi connectivity index (χ4v) is 2.75. The number of hydrogen-bond donors (Lipinski definition) is 1. The number of hydrogen-bond acceptors (Lipinski definition) is 3. The summed E-state index contributed by atoms with van der Waals surface area (Å²) in [7, 11) is 1.87. The number of benzene rings is 1. The first-order valence-corrected chi connectivity index (χ1v) is 8.09. The molecule has 1 aliphatic heterocycles. The Hall–Kier alpha value is -1.95. The van der Waals surface area contributed by atoms with Gasteiger partial charge >= 0.3 is 0 Å². The molecule has 1 aromatic rings. The molecular weight excluding hydrogens is 297 g/mol. The zero-order valence-corrected chi connectivity index (χ0v) is 13.6. The predicted molar refractivity (Wildman–Crippen MR) is 86.7 cm³/mol. The van der Waals surface area contributed by atoms with E-state index in [0.29, 0.717) is 38.2 Å². The first-order valence-electron chi connectivity index (χ1n) is 8.09. The van der Waals surface area contributed by atoms with E-state index >= 15 is 0 Å². The van der Waals surface area contributed by atoms with E-state index in [2.05, 4.69) is 5.32 Å². The Kier molecular flexibility index (Phi) is 6.52. The molecule has 2 rings (SSSR count). The molecule has 1 fully saturated rings. The van der Waals surface area contributed by atoms with Gasteiger partial charge in [-0.3, -0.25) is 9.59 Å². The summed E-state index contributed by atoms with van der Waals surface area (Å²) in [6, 6.07) is 5.74. The van der Waals surface area contributed by atoms with E-state index in [1.165, 1.54) is 18.2 Å². The summed E-state index contributed by atoms with van der Waals surface area (Å²) >= 11 is 0. The lowest BCUT2D eigenvalue weighted by Gasteiger charge is -2.22. The van der Waals surface area contributed by atoms with Crippen LogP contribution in [0.15, 0.2) is 24.3 Å². The molecule has 0 saturated carbocycles. The minimum Gasteiger partial charge on any atom is -0.341 e. The van der Waals surface area contributed by atoms with Gasteiger partial charge in [-0.25, -0.2) is 4.39 Å². The number of carbonyl (C=O) groups is 2. The van der Waals surface area contributed by atoms with Crippen molar-refractivity contribution in [1.29, 1.82) is 0 Å². The van der Waals surface area contributed by atoms with Gasteiger partial charge in [0.25, 0.3) is 5.91 Å². The molecule has 1 N–H and O–H groups in total. The standard InChI is InChI=1S/C17H24FN3O2/c1-19-8-3-7-16(22)20-9-4-10-21(12-11-20)17(23)14-5-2-6-15(18)13-14/h2,5-6,13,19H,3-4,7-12H2,1H3. The van der Waals surface area contributed by atoms with E-state index in [4.69, 9.17) is 0 Å². The third kappa shape index (κ3) is 5.03. The molecule has 0 spiro atoms. The summed E-state index contributed by atoms with van der Waals surface area (Å²) in [5.41, 5.74) is 0.360. The molecule has 0 unspecified atom stereocenters. The van der Waals surface area contributed by atoms with Crippen LogP contribution >= 0.6 is 0 Å². The molecule has 0 aliphatic carbocycles. The van der Waals surface area contributed by atoms with Crippen LogP contribution in [0.2, 0.25) is 0 Å². The van der Waals surface area contributed by atoms with Crippen LogP contribution in [0.1, 0.15) is 29.6 Å². The van der Waals surface area contributed by atoms with Gasteiger partial charge in [0.15, 0.2) is 0 Å². The molecule has 2 amide bonds. The lowest BCUT2D eigenvalue weighted by atomic mass is 10.2. The smallest absolute Gasteiger partial charge is 0.254 e. The molecule has 0 aromatic heterocycles. The fraction of sp³-hybridized carbons (Fsp3) is 0.529. The van der Waals surface area contributed by atoms with Crippen molar-refractivity contribution in [3.05, 3.63) is 35.6 Å². The first kappa shape index (κ1) is 17.4. The maximum atomic E-state index is 13.3. The molecule has 1 aromatic carbocycles. The Balaban J connectivity index is 1.90. The highest BCUT2D eigenvalue weighted by molar-refractivity contribution is 5.94. The maximum absolute atomic E-state index is 13.3. The van der Waals surface area contributed by atoms with E-state index in [-0.39, 0.29) is 11.8 Å². The van der Waals surface area contributed by atoms with E-state index in [1.807, 2.05) is 11.9 Å². The number of carbonyl (C=O) groups excluding carboxylic acids is 2. The third-order valence-electron chi connectivity index (χ3n) is 4.02. The van der Waals surface area contributed by atoms with E-state index < -0.39 is 5.82 Å². The molecule has 1 saturated heterocycles. The minimum atomic E-state index is -0.410. The molecule has 0 radical (unpaired) electrons. The summed E-state index contributed by atoms with van der Waals surface area (Å²) in [4.78, 5) is 28.1. The average Bonchev–Trinajstić information content (AvgIpc) is 2.80. The Morgan fingerprint density at radius 1 is 1.17 bits per heavy atom. The molecule has 6 heteroatoms. The number of nitrogens with zero attached hydrogens (tertiary/aromatic N) is 2. The van der Waals surface area contributed by atoms with Gasteiger partial charge in [-0.1, -0.05) is 6.07 Å². The monoisotopic (exact) mass is 321 g/mol. The molecule has 1 heterocycles. The number of nitrogens with one attached hydrogen (secondary N) is 1. The van der Waals surface area contributed by atoms with Crippen LogP contribution in [-0.2, 0) is 4.79 Å². The second-order valence-corrected chi connectivity index (χ2v) is 5.74. The second-order valence-electron chi connectivity index (χ2n) is 5.74. The lowest BCUT2D eigenvalue weighted by molar-refractivity contribution is -0.131. The van der Waals surface area contributed by atoms with Gasteiger partial charge in [0.05, 0.1) is 0 Å². The van der Waals surface area contributed by atoms with Crippen LogP contribution in [-0.4, -0.2) is 61.4 Å². The SMILES string of the molecule is CNCCCC(=O)N1CCCN(C(=O)c2cccc(F)c2)CC1. The molecule has 23 heavy (non-hydrogen) atoms. The zero-order valence-electron chi connectivity index (χ0n) is 13.6. The molecule has 0 atom stereocenters. The highest BCUT2D eigenvalue weighted by Gasteiger charge is 2.22. The summed E-state index contributed by atoms with van der Waals surface area (Å²) < 4.78 is 13.3. The van der Waals surface area contributed by atoms with Crippen molar-refractivity contribution in [2.45, 2.75) is 19.3 Å². The number of rotatable bonds is 5. The Bertz CT molecular complexity index is 550. The van der Waals surface area contributed by atoms with Gasteiger partial charge < -0.3 is 15.1 Å². The Morgan fingerprint density at radius 2 is 1.91 bits per heavy atom. The molecule has 126 valence electrons. The van der Waals surface area contributed by atoms with Crippen LogP contribution in [0.3, 0.4) is 0 Å². The van der Waals surface area contributed by atoms with Crippen molar-refractivity contribution in [3.63, 3.8) is 0 Å². The topological polar surface area (TPSA) is 52.7 Å². The highest BCUT2D eigenvalue weighted by atomic mass is 19.1. The predicted octanol–water partition coefficient (Wildman–Crippen LogP) is 1.50. The van der Waals surface area contributed by atoms with Crippen LogP contribution in [0.5, 0.6) is 0 Å². The van der Waals surface area contributed by atoms with Crippen molar-refractivity contribution < 1.29 is 14.0 Å². The van der Waals surface area contributed by atoms with Crippen LogP contribution in [0.25, 0.3) is 0 Å². The van der Waals surface area contributed by atoms with Gasteiger partial charge in [0.2, 0.25) is 5.91 Å². The lowest BCUT2D eigenvalue weighted by Crippen LogP contribution is -2.37. The molecule has 5 nitrogen and oxygen atoms in total. The Labute approximate surface area is 136 Å². The second kappa shape index (κ2) is 8.62. The largest absolute Gasteiger partial charge is 0.341 e. The third-order valence-corrected chi connectivity index (χ3v) is 4.02. The van der Waals surface area contributed by atoms with Crippen LogP contribution < -0.4 is 5.32 Å². The van der Waals surface area contributed by atoms with E-state index in [1.54, 1.807) is 11.0 Å². The van der Waals surface area contributed by atoms with Crippen molar-refractivity contribution in [1.82, 2.24) is 15.1 Å². The summed E-state index contributed by atoms with van der Waals surface area (Å²) in [6.45, 7) is 3.12. The van der Waals surface area contributed by atoms with Gasteiger partial charge in [-0.2, -0.15) is 0 Å². The van der Waals surface area contributed by atoms with Gasteiger partial charge in [0.1, 0.15) is 5.82 Å². The van der Waals surface area contributed by atoms with Gasteiger partial charge in [0, 0.05) is 38.2 Å². The highest BCUT2D eigenvalue weighted by Crippen LogP contribution is 2.11. The van der Waals surface area contributed by atoms with E-state index in [0.717, 1.165) is 19.4 Å². The summed E-state index contributed by atoms with van der Waals surface area (Å²) in [5, 5.41) is 3.03. The van der Waals surface area contributed by atoms with Crippen LogP contribution in [0.4, 0.5) is 4.39 Å².